The molecule has 3 rings (SSSR count). The van der Waals surface area contributed by atoms with E-state index in [2.05, 4.69) is 8.92 Å². The molecule has 1 N–H and O–H groups in total. The van der Waals surface area contributed by atoms with Crippen molar-refractivity contribution in [2.75, 3.05) is 5.75 Å². The normalized spacial score (nSPS) is 16.7. The van der Waals surface area contributed by atoms with E-state index in [1.807, 2.05) is 0 Å². The number of benzene rings is 1. The molecule has 0 saturated carbocycles. The predicted octanol–water partition coefficient (Wildman–Crippen LogP) is -0.255. The maximum Gasteiger partial charge on any atom is 0.343 e. The zero-order chi connectivity index (χ0) is 14.0. The van der Waals surface area contributed by atoms with Gasteiger partial charge in [0.1, 0.15) is 0 Å². The van der Waals surface area contributed by atoms with Crippen LogP contribution in [0, 0.1) is 0 Å². The molecule has 9 nitrogen and oxygen atoms in total. The smallest absolute Gasteiger partial charge is 0.343 e. The maximum atomic E-state index is 11.4. The van der Waals surface area contributed by atoms with Gasteiger partial charge in [-0.05, 0) is 0 Å². The minimum Gasteiger partial charge on any atom is -0.448 e. The second-order valence-corrected chi connectivity index (χ2v) is 6.67. The third-order valence-electron chi connectivity index (χ3n) is 2.31. The van der Waals surface area contributed by atoms with Gasteiger partial charge in [-0.3, -0.25) is 9.35 Å². The van der Waals surface area contributed by atoms with E-state index in [-0.39, 0.29) is 27.6 Å². The van der Waals surface area contributed by atoms with Gasteiger partial charge >= 0.3 is 16.1 Å². The van der Waals surface area contributed by atoms with Crippen molar-refractivity contribution in [3.63, 3.8) is 0 Å². The molecule has 0 spiro atoms. The number of carbonyl (C=O) groups excluding carboxylic acids is 1. The summed E-state index contributed by atoms with van der Waals surface area (Å²) in [6, 6.07) is 1.09. The average molecular weight is 308 g/mol. The van der Waals surface area contributed by atoms with Crippen LogP contribution in [0.2, 0.25) is 0 Å². The predicted molar refractivity (Wildman–Crippen MR) is 57.3 cm³/mol. The lowest BCUT2D eigenvalue weighted by Crippen LogP contribution is -2.20. The van der Waals surface area contributed by atoms with E-state index in [0.717, 1.165) is 6.07 Å². The first-order valence-electron chi connectivity index (χ1n) is 4.66. The summed E-state index contributed by atoms with van der Waals surface area (Å²) in [5.41, 5.74) is -0.158. The highest BCUT2D eigenvalue weighted by molar-refractivity contribution is 7.87. The monoisotopic (exact) mass is 308 g/mol. The van der Waals surface area contributed by atoms with Gasteiger partial charge in [0.05, 0.1) is 0 Å². The number of rotatable bonds is 3. The number of esters is 1. The van der Waals surface area contributed by atoms with Crippen LogP contribution in [0.15, 0.2) is 15.4 Å². The fourth-order valence-corrected chi connectivity index (χ4v) is 3.09. The van der Waals surface area contributed by atoms with Crippen molar-refractivity contribution in [3.8, 4) is 11.5 Å². The lowest BCUT2D eigenvalue weighted by Gasteiger charge is -2.01. The highest BCUT2D eigenvalue weighted by Crippen LogP contribution is 2.51. The Morgan fingerprint density at radius 1 is 1.42 bits per heavy atom. The highest BCUT2D eigenvalue weighted by atomic mass is 32.2. The van der Waals surface area contributed by atoms with Crippen molar-refractivity contribution in [2.45, 2.75) is 4.90 Å². The Morgan fingerprint density at radius 3 is 2.74 bits per heavy atom. The molecule has 0 saturated heterocycles. The standard InChI is InChI=1S/C8H4O9S2/c9-5(2-18(10,11)12)16-6-3-1-4-7(15-3)8(6)17-19(4,13)14/h1H,2H2,(H,10,11,12). The zero-order valence-electron chi connectivity index (χ0n) is 8.81. The largest absolute Gasteiger partial charge is 0.448 e. The van der Waals surface area contributed by atoms with Gasteiger partial charge in [0.2, 0.25) is 11.5 Å². The lowest BCUT2D eigenvalue weighted by molar-refractivity contribution is -0.131. The summed E-state index contributed by atoms with van der Waals surface area (Å²) in [5.74, 6) is -3.18. The van der Waals surface area contributed by atoms with Crippen LogP contribution in [0.1, 0.15) is 0 Å². The number of furan rings is 2. The Labute approximate surface area is 105 Å². The third-order valence-corrected chi connectivity index (χ3v) is 4.14. The first kappa shape index (κ1) is 12.2. The van der Waals surface area contributed by atoms with Gasteiger partial charge in [-0.15, -0.1) is 0 Å². The molecule has 1 aliphatic rings. The number of hydrogen-bond donors (Lipinski definition) is 1. The van der Waals surface area contributed by atoms with E-state index >= 15 is 0 Å². The summed E-state index contributed by atoms with van der Waals surface area (Å²) >= 11 is 0. The first-order chi connectivity index (χ1) is 8.67. The number of ether oxygens (including phenoxy) is 1. The Bertz CT molecular complexity index is 886. The molecular weight excluding hydrogens is 304 g/mol. The molecule has 3 heterocycles. The third kappa shape index (κ3) is 1.82. The average Bonchev–Trinajstić information content (AvgIpc) is 2.78. The molecule has 2 aromatic rings. The molecule has 11 heteroatoms. The molecule has 19 heavy (non-hydrogen) atoms. The van der Waals surface area contributed by atoms with E-state index in [4.69, 9.17) is 8.97 Å². The Balaban J connectivity index is 1.95. The number of hydrogen-bond acceptors (Lipinski definition) is 8. The first-order valence-corrected chi connectivity index (χ1v) is 7.68. The van der Waals surface area contributed by atoms with Crippen molar-refractivity contribution in [3.05, 3.63) is 6.07 Å². The van der Waals surface area contributed by atoms with Crippen LogP contribution in [0.25, 0.3) is 11.2 Å². The fourth-order valence-electron chi connectivity index (χ4n) is 1.66. The molecule has 102 valence electrons. The van der Waals surface area contributed by atoms with Crippen LogP contribution in [-0.4, -0.2) is 33.1 Å². The van der Waals surface area contributed by atoms with Crippen molar-refractivity contribution >= 4 is 37.4 Å². The molecule has 2 bridgehead atoms. The molecule has 2 aromatic heterocycles. The van der Waals surface area contributed by atoms with E-state index < -0.39 is 32.0 Å². The Hall–Kier alpha value is -1.85. The summed E-state index contributed by atoms with van der Waals surface area (Å²) in [5, 5.41) is 0. The van der Waals surface area contributed by atoms with Gasteiger partial charge in [-0.1, -0.05) is 0 Å². The second kappa shape index (κ2) is 3.37. The van der Waals surface area contributed by atoms with E-state index in [0.29, 0.717) is 0 Å². The van der Waals surface area contributed by atoms with Crippen LogP contribution in [0.4, 0.5) is 0 Å². The van der Waals surface area contributed by atoms with Crippen molar-refractivity contribution in [2.24, 2.45) is 0 Å². The zero-order valence-corrected chi connectivity index (χ0v) is 10.4. The molecule has 0 radical (unpaired) electrons. The molecule has 0 atom stereocenters. The van der Waals surface area contributed by atoms with E-state index in [1.165, 1.54) is 0 Å². The van der Waals surface area contributed by atoms with Crippen LogP contribution < -0.4 is 8.92 Å². The van der Waals surface area contributed by atoms with Gasteiger partial charge in [-0.25, -0.2) is 0 Å². The Kier molecular flexibility index (Phi) is 2.17. The molecule has 0 aliphatic carbocycles. The van der Waals surface area contributed by atoms with Crippen LogP contribution >= 0.6 is 0 Å². The minimum atomic E-state index is -4.54. The van der Waals surface area contributed by atoms with Gasteiger partial charge in [0.25, 0.3) is 10.1 Å². The van der Waals surface area contributed by atoms with Crippen molar-refractivity contribution < 1.29 is 39.5 Å². The summed E-state index contributed by atoms with van der Waals surface area (Å²) in [7, 11) is -8.52. The maximum absolute atomic E-state index is 11.4. The summed E-state index contributed by atoms with van der Waals surface area (Å²) in [6.07, 6.45) is 0. The lowest BCUT2D eigenvalue weighted by atomic mass is 10.3. The molecule has 0 aromatic carbocycles. The summed E-state index contributed by atoms with van der Waals surface area (Å²) in [6.45, 7) is 0. The molecule has 0 amide bonds. The summed E-state index contributed by atoms with van der Waals surface area (Å²) < 4.78 is 66.5. The molecule has 0 fully saturated rings. The van der Waals surface area contributed by atoms with Crippen LogP contribution in [-0.2, 0) is 25.0 Å². The summed E-state index contributed by atoms with van der Waals surface area (Å²) in [4.78, 5) is 11.1. The topological polar surface area (TPSA) is 137 Å². The van der Waals surface area contributed by atoms with E-state index in [9.17, 15) is 21.6 Å². The number of carbonyl (C=O) groups is 1. The van der Waals surface area contributed by atoms with Gasteiger partial charge < -0.3 is 13.3 Å². The van der Waals surface area contributed by atoms with Crippen molar-refractivity contribution in [1.82, 2.24) is 0 Å². The SMILES string of the molecule is O=C(CS(=O)(=O)O)Oc1c2c3oc1cc3S(=O)(=O)O2. The van der Waals surface area contributed by atoms with Crippen molar-refractivity contribution in [1.29, 1.82) is 0 Å². The fraction of sp³-hybridized carbons (Fsp3) is 0.125. The van der Waals surface area contributed by atoms with Crippen LogP contribution in [0.5, 0.6) is 11.5 Å². The van der Waals surface area contributed by atoms with Gasteiger partial charge in [0.15, 0.2) is 21.8 Å². The van der Waals surface area contributed by atoms with E-state index in [1.54, 1.807) is 0 Å². The van der Waals surface area contributed by atoms with Crippen LogP contribution in [0.3, 0.4) is 0 Å². The molecule has 1 aliphatic heterocycles. The Morgan fingerprint density at radius 2 is 2.11 bits per heavy atom. The molecular formula is C8H4O9S2. The highest BCUT2D eigenvalue weighted by Gasteiger charge is 2.41. The minimum absolute atomic E-state index is 0.0650. The number of fused-ring (bicyclic) bond motifs is 1. The molecule has 0 unspecified atom stereocenters. The van der Waals surface area contributed by atoms with Gasteiger partial charge in [-0.2, -0.15) is 16.8 Å². The van der Waals surface area contributed by atoms with Gasteiger partial charge in [0, 0.05) is 6.07 Å². The second-order valence-electron chi connectivity index (χ2n) is 3.70. The quantitative estimate of drug-likeness (QED) is 0.352.